The number of aldehydes is 1. The number of ether oxygens (including phenoxy) is 4. The number of benzene rings is 2. The monoisotopic (exact) mass is 916 g/mol. The van der Waals surface area contributed by atoms with E-state index in [-0.39, 0.29) is 48.4 Å². The summed E-state index contributed by atoms with van der Waals surface area (Å²) in [5, 5.41) is 24.9. The molecule has 0 bridgehead atoms. The summed E-state index contributed by atoms with van der Waals surface area (Å²) in [4.78, 5) is 18.0. The molecule has 10 heteroatoms. The van der Waals surface area contributed by atoms with E-state index < -0.39 is 5.79 Å². The van der Waals surface area contributed by atoms with Gasteiger partial charge in [-0.1, -0.05) is 133 Å². The summed E-state index contributed by atoms with van der Waals surface area (Å²) in [6, 6.07) is 13.4. The highest BCUT2D eigenvalue weighted by molar-refractivity contribution is 8.00. The standard InChI is InChI=1S/C55H81NO8S/c1-3-5-6-7-8-9-10-11-12-13-14-15-16-23-36-65-51-40-49(56-64-52-29-19-22-35-60-52)47-38-43(26-17-20-32-57)46(28-18-21-33-58)53-48-39-45(62-44-27-24-25-42(37-44)41-59)30-31-50(48)63-55(51,54(47)53)61-34-4-2/h4,24-25,27,30-31,37-39,41,43,46,51-54,57-58H,2-3,5-23,26,28-29,32-36,40H2,1H3. The number of carbonyl (C=O) groups is 1. The van der Waals surface area contributed by atoms with Crippen molar-refractivity contribution >= 4 is 23.8 Å². The van der Waals surface area contributed by atoms with Crippen LogP contribution in [0.25, 0.3) is 0 Å². The summed E-state index contributed by atoms with van der Waals surface area (Å²) in [5.41, 5.74) is 3.68. The van der Waals surface area contributed by atoms with Crippen LogP contribution in [0.5, 0.6) is 17.2 Å². The maximum atomic E-state index is 11.7. The fourth-order valence-corrected chi connectivity index (χ4v) is 12.2. The number of thioether (sulfide) groups is 1. The number of rotatable bonds is 32. The second-order valence-corrected chi connectivity index (χ2v) is 20.2. The second kappa shape index (κ2) is 28.2. The van der Waals surface area contributed by atoms with Crippen molar-refractivity contribution in [2.24, 2.45) is 22.9 Å². The van der Waals surface area contributed by atoms with E-state index in [1.807, 2.05) is 42.1 Å². The van der Waals surface area contributed by atoms with E-state index in [4.69, 9.17) is 28.9 Å². The van der Waals surface area contributed by atoms with Crippen LogP contribution in [0.2, 0.25) is 0 Å². The quantitative estimate of drug-likeness (QED) is 0.0320. The molecule has 1 saturated carbocycles. The average Bonchev–Trinajstić information content (AvgIpc) is 3.33. The zero-order chi connectivity index (χ0) is 45.5. The maximum Gasteiger partial charge on any atom is 0.230 e. The van der Waals surface area contributed by atoms with Gasteiger partial charge in [0, 0.05) is 43.1 Å². The number of fused-ring (bicyclic) bond motifs is 2. The van der Waals surface area contributed by atoms with Crippen LogP contribution in [0.4, 0.5) is 0 Å². The third-order valence-corrected chi connectivity index (χ3v) is 15.5. The zero-order valence-corrected chi connectivity index (χ0v) is 40.5. The Hall–Kier alpha value is -3.15. The Morgan fingerprint density at radius 2 is 1.55 bits per heavy atom. The summed E-state index contributed by atoms with van der Waals surface area (Å²) < 4.78 is 27.1. The van der Waals surface area contributed by atoms with Crippen molar-refractivity contribution in [2.75, 3.05) is 32.2 Å². The smallest absolute Gasteiger partial charge is 0.230 e. The Morgan fingerprint density at radius 1 is 0.846 bits per heavy atom. The van der Waals surface area contributed by atoms with Gasteiger partial charge in [0.05, 0.1) is 30.1 Å². The molecule has 7 atom stereocenters. The van der Waals surface area contributed by atoms with Crippen LogP contribution in [0.3, 0.4) is 0 Å². The van der Waals surface area contributed by atoms with Crippen molar-refractivity contribution in [3.63, 3.8) is 0 Å². The van der Waals surface area contributed by atoms with Gasteiger partial charge in [0.1, 0.15) is 23.5 Å². The van der Waals surface area contributed by atoms with Gasteiger partial charge in [0.25, 0.3) is 0 Å². The van der Waals surface area contributed by atoms with Gasteiger partial charge in [-0.2, -0.15) is 11.8 Å². The predicted octanol–water partition coefficient (Wildman–Crippen LogP) is 13.7. The van der Waals surface area contributed by atoms with E-state index >= 15 is 0 Å². The Morgan fingerprint density at radius 3 is 2.23 bits per heavy atom. The second-order valence-electron chi connectivity index (χ2n) is 18.9. The minimum Gasteiger partial charge on any atom is -0.460 e. The number of carbonyl (C=O) groups excluding carboxylic acids is 1. The highest BCUT2D eigenvalue weighted by Gasteiger charge is 2.64. The fraction of sp³-hybridized carbons (Fsp3) is 0.673. The predicted molar refractivity (Wildman–Crippen MR) is 264 cm³/mol. The Kier molecular flexibility index (Phi) is 22.3. The zero-order valence-electron chi connectivity index (χ0n) is 39.7. The number of aliphatic hydroxyl groups excluding tert-OH is 2. The molecule has 6 rings (SSSR count). The molecule has 0 radical (unpaired) electrons. The van der Waals surface area contributed by atoms with E-state index in [9.17, 15) is 15.0 Å². The molecular weight excluding hydrogens is 835 g/mol. The number of unbranched alkanes of at least 4 members (excludes halogenated alkanes) is 15. The summed E-state index contributed by atoms with van der Waals surface area (Å²) >= 11 is 1.95. The number of allylic oxidation sites excluding steroid dienone is 1. The Bertz CT molecular complexity index is 1780. The molecule has 9 nitrogen and oxygen atoms in total. The number of nitrogens with zero attached hydrogens (tertiary/aromatic N) is 1. The summed E-state index contributed by atoms with van der Waals surface area (Å²) in [6.07, 6.45) is 32.0. The molecule has 2 fully saturated rings. The van der Waals surface area contributed by atoms with E-state index in [1.54, 1.807) is 12.1 Å². The maximum absolute atomic E-state index is 11.7. The van der Waals surface area contributed by atoms with E-state index in [1.165, 1.54) is 83.5 Å². The van der Waals surface area contributed by atoms with Crippen molar-refractivity contribution in [1.82, 2.24) is 0 Å². The topological polar surface area (TPSA) is 116 Å². The van der Waals surface area contributed by atoms with Crippen LogP contribution >= 0.6 is 11.8 Å². The summed E-state index contributed by atoms with van der Waals surface area (Å²) in [7, 11) is 0. The van der Waals surface area contributed by atoms with Gasteiger partial charge < -0.3 is 34.0 Å². The lowest BCUT2D eigenvalue weighted by Crippen LogP contribution is -2.64. The molecule has 0 spiro atoms. The SMILES string of the molecule is C=CCOC12Oc3ccc(Oc4cccc(C=O)c4)cc3C3C(CCCCO)C(CCCCO)C=C(C(=NOC4CCCCO4)CC1SCCCCCCCCCCCCCCCC)C32. The molecule has 2 aliphatic heterocycles. The fourth-order valence-electron chi connectivity index (χ4n) is 10.8. The van der Waals surface area contributed by atoms with Gasteiger partial charge in [0.15, 0.2) is 0 Å². The Balaban J connectivity index is 1.29. The number of oxime groups is 1. The van der Waals surface area contributed by atoms with E-state index in [0.717, 1.165) is 98.8 Å². The van der Waals surface area contributed by atoms with Crippen LogP contribution < -0.4 is 9.47 Å². The van der Waals surface area contributed by atoms with E-state index in [0.29, 0.717) is 36.7 Å². The minimum absolute atomic E-state index is 0.0353. The molecule has 1 saturated heterocycles. The van der Waals surface area contributed by atoms with Crippen molar-refractivity contribution < 1.29 is 38.8 Å². The molecule has 7 unspecified atom stereocenters. The lowest BCUT2D eigenvalue weighted by Gasteiger charge is -2.58. The normalized spacial score (nSPS) is 25.3. The van der Waals surface area contributed by atoms with Gasteiger partial charge in [-0.25, -0.2) is 0 Å². The summed E-state index contributed by atoms with van der Waals surface area (Å²) in [6.45, 7) is 7.71. The summed E-state index contributed by atoms with van der Waals surface area (Å²) in [5.74, 6) is 2.16. The van der Waals surface area contributed by atoms with Crippen LogP contribution in [-0.2, 0) is 14.3 Å². The first kappa shape index (κ1) is 51.2. The third-order valence-electron chi connectivity index (χ3n) is 14.1. The van der Waals surface area contributed by atoms with Gasteiger partial charge in [0.2, 0.25) is 12.1 Å². The van der Waals surface area contributed by atoms with Gasteiger partial charge >= 0.3 is 0 Å². The molecule has 0 aromatic heterocycles. The number of hydrogen-bond acceptors (Lipinski definition) is 10. The highest BCUT2D eigenvalue weighted by atomic mass is 32.2. The molecule has 65 heavy (non-hydrogen) atoms. The molecule has 0 amide bonds. The number of hydrogen-bond donors (Lipinski definition) is 2. The van der Waals surface area contributed by atoms with Crippen LogP contribution in [0.15, 0.2) is 71.9 Å². The van der Waals surface area contributed by atoms with Crippen LogP contribution in [0, 0.1) is 17.8 Å². The molecule has 2 heterocycles. The van der Waals surface area contributed by atoms with Crippen molar-refractivity contribution in [3.05, 3.63) is 77.9 Å². The first-order valence-corrected chi connectivity index (χ1v) is 26.8. The molecule has 360 valence electrons. The third kappa shape index (κ3) is 14.7. The molecule has 2 aromatic carbocycles. The first-order chi connectivity index (χ1) is 32.0. The van der Waals surface area contributed by atoms with Gasteiger partial charge in [-0.3, -0.25) is 4.79 Å². The molecule has 2 aliphatic carbocycles. The van der Waals surface area contributed by atoms with Gasteiger partial charge in [-0.05, 0) is 98.4 Å². The highest BCUT2D eigenvalue weighted by Crippen LogP contribution is 2.63. The molecular formula is C55H81NO8S. The largest absolute Gasteiger partial charge is 0.460 e. The molecule has 2 N–H and O–H groups in total. The number of aliphatic hydroxyl groups is 2. The van der Waals surface area contributed by atoms with E-state index in [2.05, 4.69) is 25.6 Å². The van der Waals surface area contributed by atoms with Gasteiger partial charge in [-0.15, -0.1) is 6.58 Å². The van der Waals surface area contributed by atoms with Crippen LogP contribution in [0.1, 0.15) is 183 Å². The van der Waals surface area contributed by atoms with Crippen molar-refractivity contribution in [2.45, 2.75) is 184 Å². The van der Waals surface area contributed by atoms with Crippen molar-refractivity contribution in [1.29, 1.82) is 0 Å². The minimum atomic E-state index is -1.01. The lowest BCUT2D eigenvalue weighted by atomic mass is 9.56. The van der Waals surface area contributed by atoms with Crippen molar-refractivity contribution in [3.8, 4) is 17.2 Å². The van der Waals surface area contributed by atoms with Crippen LogP contribution in [-0.4, -0.2) is 71.7 Å². The Labute approximate surface area is 395 Å². The first-order valence-electron chi connectivity index (χ1n) is 25.8. The molecule has 2 aromatic rings. The lowest BCUT2D eigenvalue weighted by molar-refractivity contribution is -0.223. The molecule has 4 aliphatic rings. The average molecular weight is 916 g/mol.